The summed E-state index contributed by atoms with van der Waals surface area (Å²) in [5, 5.41) is 3.06. The van der Waals surface area contributed by atoms with Crippen LogP contribution in [0.5, 0.6) is 0 Å². The molecule has 0 aromatic heterocycles. The molecule has 0 aliphatic rings. The topological polar surface area (TPSA) is 38.3 Å². The number of carbonyl (C=O) groups is 1. The van der Waals surface area contributed by atoms with E-state index < -0.39 is 5.54 Å². The van der Waals surface area contributed by atoms with Gasteiger partial charge in [-0.2, -0.15) is 0 Å². The minimum absolute atomic E-state index is 0.198. The number of carbonyl (C=O) groups excluding carboxylic acids is 1. The average Bonchev–Trinajstić information content (AvgIpc) is 2.44. The molecule has 1 aromatic carbocycles. The Morgan fingerprint density at radius 1 is 1.40 bits per heavy atom. The van der Waals surface area contributed by atoms with Crippen molar-refractivity contribution >= 4 is 17.7 Å². The Morgan fingerprint density at radius 2 is 2.10 bits per heavy atom. The van der Waals surface area contributed by atoms with Crippen molar-refractivity contribution < 1.29 is 9.53 Å². The third-order valence-corrected chi connectivity index (χ3v) is 4.86. The molecular formula is C16H25NO2S. The van der Waals surface area contributed by atoms with Crippen LogP contribution in [0.2, 0.25) is 0 Å². The predicted molar refractivity (Wildman–Crippen MR) is 85.4 cm³/mol. The van der Waals surface area contributed by atoms with Crippen LogP contribution in [0.1, 0.15) is 30.9 Å². The fourth-order valence-electron chi connectivity index (χ4n) is 2.12. The lowest BCUT2D eigenvalue weighted by Gasteiger charge is -2.25. The molecule has 0 radical (unpaired) electrons. The second-order valence-corrected chi connectivity index (χ2v) is 6.43. The quantitative estimate of drug-likeness (QED) is 0.476. The van der Waals surface area contributed by atoms with Crippen LogP contribution in [0.25, 0.3) is 0 Å². The predicted octanol–water partition coefficient (Wildman–Crippen LogP) is 3.33. The van der Waals surface area contributed by atoms with Crippen LogP contribution in [-0.2, 0) is 9.53 Å². The molecule has 1 N–H and O–H groups in total. The van der Waals surface area contributed by atoms with Gasteiger partial charge in [0.2, 0.25) is 0 Å². The van der Waals surface area contributed by atoms with Crippen LogP contribution in [0, 0.1) is 13.8 Å². The Labute approximate surface area is 126 Å². The lowest BCUT2D eigenvalue weighted by Crippen LogP contribution is -2.48. The van der Waals surface area contributed by atoms with Gasteiger partial charge in [0.05, 0.1) is 7.11 Å². The van der Waals surface area contributed by atoms with Gasteiger partial charge in [0, 0.05) is 4.90 Å². The minimum Gasteiger partial charge on any atom is -0.468 e. The van der Waals surface area contributed by atoms with E-state index in [1.54, 1.807) is 7.05 Å². The third kappa shape index (κ3) is 4.53. The van der Waals surface area contributed by atoms with E-state index in [0.29, 0.717) is 0 Å². The van der Waals surface area contributed by atoms with E-state index in [1.807, 2.05) is 18.7 Å². The van der Waals surface area contributed by atoms with E-state index in [9.17, 15) is 4.79 Å². The van der Waals surface area contributed by atoms with Crippen molar-refractivity contribution in [2.45, 2.75) is 44.0 Å². The number of ether oxygens (including phenoxy) is 1. The Morgan fingerprint density at radius 3 is 2.65 bits per heavy atom. The van der Waals surface area contributed by atoms with Crippen molar-refractivity contribution in [2.24, 2.45) is 0 Å². The number of nitrogens with one attached hydrogen (secondary N) is 1. The van der Waals surface area contributed by atoms with Gasteiger partial charge in [-0.1, -0.05) is 17.7 Å². The SMILES string of the molecule is CNC(C)(CCCSc1ccc(C)cc1C)C(=O)OC. The maximum absolute atomic E-state index is 11.7. The van der Waals surface area contributed by atoms with Gasteiger partial charge in [-0.25, -0.2) is 0 Å². The highest BCUT2D eigenvalue weighted by Gasteiger charge is 2.31. The molecule has 20 heavy (non-hydrogen) atoms. The summed E-state index contributed by atoms with van der Waals surface area (Å²) in [4.78, 5) is 13.0. The normalized spacial score (nSPS) is 13.8. The van der Waals surface area contributed by atoms with Gasteiger partial charge in [-0.15, -0.1) is 11.8 Å². The van der Waals surface area contributed by atoms with Crippen molar-refractivity contribution in [1.82, 2.24) is 5.32 Å². The van der Waals surface area contributed by atoms with Crippen LogP contribution < -0.4 is 5.32 Å². The molecule has 0 aliphatic heterocycles. The maximum atomic E-state index is 11.7. The highest BCUT2D eigenvalue weighted by atomic mass is 32.2. The van der Waals surface area contributed by atoms with Crippen molar-refractivity contribution in [3.63, 3.8) is 0 Å². The second kappa shape index (κ2) is 7.70. The van der Waals surface area contributed by atoms with E-state index >= 15 is 0 Å². The van der Waals surface area contributed by atoms with Crippen LogP contribution in [0.15, 0.2) is 23.1 Å². The van der Waals surface area contributed by atoms with E-state index in [1.165, 1.54) is 23.1 Å². The number of esters is 1. The molecule has 0 bridgehead atoms. The van der Waals surface area contributed by atoms with Gasteiger partial charge >= 0.3 is 5.97 Å². The van der Waals surface area contributed by atoms with Gasteiger partial charge in [-0.3, -0.25) is 4.79 Å². The van der Waals surface area contributed by atoms with E-state index in [-0.39, 0.29) is 5.97 Å². The Bertz CT molecular complexity index is 462. The highest BCUT2D eigenvalue weighted by Crippen LogP contribution is 2.25. The zero-order valence-corrected chi connectivity index (χ0v) is 13.9. The van der Waals surface area contributed by atoms with E-state index in [4.69, 9.17) is 4.74 Å². The maximum Gasteiger partial charge on any atom is 0.325 e. The smallest absolute Gasteiger partial charge is 0.325 e. The number of methoxy groups -OCH3 is 1. The molecule has 1 aromatic rings. The van der Waals surface area contributed by atoms with E-state index in [0.717, 1.165) is 18.6 Å². The summed E-state index contributed by atoms with van der Waals surface area (Å²) in [7, 11) is 3.23. The molecule has 0 fully saturated rings. The van der Waals surface area contributed by atoms with Crippen LogP contribution in [0.3, 0.4) is 0 Å². The molecule has 0 aliphatic carbocycles. The van der Waals surface area contributed by atoms with Crippen molar-refractivity contribution in [3.8, 4) is 0 Å². The van der Waals surface area contributed by atoms with Crippen LogP contribution in [-0.4, -0.2) is 31.4 Å². The number of aryl methyl sites for hydroxylation is 2. The van der Waals surface area contributed by atoms with Gasteiger partial charge in [0.15, 0.2) is 0 Å². The summed E-state index contributed by atoms with van der Waals surface area (Å²) in [5.41, 5.74) is 2.03. The largest absolute Gasteiger partial charge is 0.468 e. The molecule has 3 nitrogen and oxygen atoms in total. The zero-order chi connectivity index (χ0) is 15.2. The molecule has 0 saturated heterocycles. The second-order valence-electron chi connectivity index (χ2n) is 5.29. The first kappa shape index (κ1) is 17.1. The number of likely N-dealkylation sites (N-methyl/N-ethyl adjacent to an activating group) is 1. The molecule has 0 saturated carbocycles. The fourth-order valence-corrected chi connectivity index (χ4v) is 3.08. The van der Waals surface area contributed by atoms with Gasteiger partial charge < -0.3 is 10.1 Å². The van der Waals surface area contributed by atoms with Crippen molar-refractivity contribution in [2.75, 3.05) is 19.9 Å². The summed E-state index contributed by atoms with van der Waals surface area (Å²) < 4.78 is 4.85. The van der Waals surface area contributed by atoms with Crippen LogP contribution >= 0.6 is 11.8 Å². The first-order valence-electron chi connectivity index (χ1n) is 6.90. The van der Waals surface area contributed by atoms with Crippen molar-refractivity contribution in [3.05, 3.63) is 29.3 Å². The number of benzene rings is 1. The Kier molecular flexibility index (Phi) is 6.56. The molecule has 1 unspecified atom stereocenters. The van der Waals surface area contributed by atoms with Crippen LogP contribution in [0.4, 0.5) is 0 Å². The molecule has 1 rings (SSSR count). The zero-order valence-electron chi connectivity index (χ0n) is 13.1. The molecule has 112 valence electrons. The average molecular weight is 295 g/mol. The lowest BCUT2D eigenvalue weighted by atomic mass is 9.97. The van der Waals surface area contributed by atoms with Gasteiger partial charge in [0.25, 0.3) is 0 Å². The Balaban J connectivity index is 2.46. The standard InChI is InChI=1S/C16H25NO2S/c1-12-7-8-14(13(2)11-12)20-10-6-9-16(3,17-4)15(18)19-5/h7-8,11,17H,6,9-10H2,1-5H3. The number of hydrogen-bond donors (Lipinski definition) is 1. The minimum atomic E-state index is -0.586. The molecule has 0 heterocycles. The summed E-state index contributed by atoms with van der Waals surface area (Å²) in [6, 6.07) is 6.52. The first-order chi connectivity index (χ1) is 9.42. The van der Waals surface area contributed by atoms with Gasteiger partial charge in [-0.05, 0) is 58.0 Å². The highest BCUT2D eigenvalue weighted by molar-refractivity contribution is 7.99. The summed E-state index contributed by atoms with van der Waals surface area (Å²) in [6.45, 7) is 6.14. The number of rotatable bonds is 7. The molecule has 0 amide bonds. The van der Waals surface area contributed by atoms with E-state index in [2.05, 4.69) is 37.4 Å². The van der Waals surface area contributed by atoms with Crippen molar-refractivity contribution in [1.29, 1.82) is 0 Å². The fraction of sp³-hybridized carbons (Fsp3) is 0.562. The first-order valence-corrected chi connectivity index (χ1v) is 7.89. The summed E-state index contributed by atoms with van der Waals surface area (Å²) in [5.74, 6) is 0.801. The van der Waals surface area contributed by atoms with Gasteiger partial charge in [0.1, 0.15) is 5.54 Å². The monoisotopic (exact) mass is 295 g/mol. The third-order valence-electron chi connectivity index (χ3n) is 3.60. The molecule has 1 atom stereocenters. The number of hydrogen-bond acceptors (Lipinski definition) is 4. The summed E-state index contributed by atoms with van der Waals surface area (Å²) in [6.07, 6.45) is 1.73. The Hall–Kier alpha value is -1.00. The number of thioether (sulfide) groups is 1. The lowest BCUT2D eigenvalue weighted by molar-refractivity contribution is -0.148. The molecule has 4 heteroatoms. The molecule has 0 spiro atoms. The molecular weight excluding hydrogens is 270 g/mol. The summed E-state index contributed by atoms with van der Waals surface area (Å²) >= 11 is 1.85.